The number of rotatable bonds is 7. The molecule has 0 saturated heterocycles. The van der Waals surface area contributed by atoms with Crippen LogP contribution < -0.4 is 9.46 Å². The predicted octanol–water partition coefficient (Wildman–Crippen LogP) is 4.52. The normalized spacial score (nSPS) is 11.2. The number of amides is 1. The summed E-state index contributed by atoms with van der Waals surface area (Å²) >= 11 is 0. The minimum Gasteiger partial charge on any atom is -0.494 e. The molecule has 1 amide bonds. The second-order valence-electron chi connectivity index (χ2n) is 7.58. The minimum atomic E-state index is -3.88. The Morgan fingerprint density at radius 1 is 1.03 bits per heavy atom. The first-order valence-electron chi connectivity index (χ1n) is 9.89. The van der Waals surface area contributed by atoms with Crippen molar-refractivity contribution in [2.24, 2.45) is 0 Å². The van der Waals surface area contributed by atoms with E-state index >= 15 is 0 Å². The van der Waals surface area contributed by atoms with Crippen molar-refractivity contribution in [1.82, 2.24) is 4.90 Å². The molecule has 0 aromatic heterocycles. The maximum Gasteiger partial charge on any atom is 0.261 e. The number of sulfonamides is 1. The molecule has 3 aromatic rings. The molecule has 0 fully saturated rings. The van der Waals surface area contributed by atoms with E-state index in [1.807, 2.05) is 6.92 Å². The number of halogens is 1. The Labute approximate surface area is 187 Å². The van der Waals surface area contributed by atoms with Crippen molar-refractivity contribution in [2.45, 2.75) is 25.3 Å². The van der Waals surface area contributed by atoms with Gasteiger partial charge in [-0.3, -0.25) is 9.52 Å². The maximum absolute atomic E-state index is 14.0. The van der Waals surface area contributed by atoms with Gasteiger partial charge in [-0.1, -0.05) is 29.8 Å². The minimum absolute atomic E-state index is 0.0177. The summed E-state index contributed by atoms with van der Waals surface area (Å²) in [6.07, 6.45) is 0. The Morgan fingerprint density at radius 3 is 2.34 bits per heavy atom. The maximum atomic E-state index is 14.0. The molecule has 1 N–H and O–H groups in total. The lowest BCUT2D eigenvalue weighted by Crippen LogP contribution is -2.27. The van der Waals surface area contributed by atoms with Crippen molar-refractivity contribution in [2.75, 3.05) is 18.9 Å². The third-order valence-corrected chi connectivity index (χ3v) is 6.42. The van der Waals surface area contributed by atoms with Crippen LogP contribution in [0.15, 0.2) is 65.6 Å². The Hall–Kier alpha value is -3.39. The van der Waals surface area contributed by atoms with Gasteiger partial charge in [0.05, 0.1) is 12.0 Å². The van der Waals surface area contributed by atoms with E-state index in [0.29, 0.717) is 16.8 Å². The van der Waals surface area contributed by atoms with Crippen LogP contribution in [0.1, 0.15) is 27.0 Å². The van der Waals surface area contributed by atoms with Crippen molar-refractivity contribution in [3.05, 3.63) is 88.7 Å². The Bertz CT molecular complexity index is 1240. The van der Waals surface area contributed by atoms with Gasteiger partial charge in [-0.05, 0) is 61.4 Å². The molecule has 0 bridgehead atoms. The fraction of sp³-hybridized carbons (Fsp3) is 0.208. The van der Waals surface area contributed by atoms with Gasteiger partial charge >= 0.3 is 0 Å². The third-order valence-electron chi connectivity index (χ3n) is 5.04. The number of hydrogen-bond donors (Lipinski definition) is 1. The zero-order chi connectivity index (χ0) is 23.5. The van der Waals surface area contributed by atoms with Crippen LogP contribution in [0, 0.1) is 19.7 Å². The summed E-state index contributed by atoms with van der Waals surface area (Å²) in [6, 6.07) is 15.9. The predicted molar refractivity (Wildman–Crippen MR) is 122 cm³/mol. The Morgan fingerprint density at radius 2 is 1.72 bits per heavy atom. The molecule has 0 aliphatic heterocycles. The average molecular weight is 457 g/mol. The van der Waals surface area contributed by atoms with Crippen LogP contribution in [0.25, 0.3) is 0 Å². The van der Waals surface area contributed by atoms with Gasteiger partial charge in [-0.2, -0.15) is 0 Å². The van der Waals surface area contributed by atoms with Gasteiger partial charge in [-0.25, -0.2) is 12.8 Å². The molecule has 0 unspecified atom stereocenters. The number of aryl methyl sites for hydroxylation is 2. The van der Waals surface area contributed by atoms with E-state index in [9.17, 15) is 17.6 Å². The average Bonchev–Trinajstić information content (AvgIpc) is 2.75. The molecule has 8 heteroatoms. The summed E-state index contributed by atoms with van der Waals surface area (Å²) in [5.41, 5.74) is 2.92. The van der Waals surface area contributed by atoms with Crippen LogP contribution >= 0.6 is 0 Å². The van der Waals surface area contributed by atoms with E-state index in [2.05, 4.69) is 4.72 Å². The fourth-order valence-electron chi connectivity index (χ4n) is 3.19. The van der Waals surface area contributed by atoms with Gasteiger partial charge in [0.25, 0.3) is 15.9 Å². The molecule has 0 heterocycles. The van der Waals surface area contributed by atoms with Crippen LogP contribution in [0.5, 0.6) is 5.75 Å². The number of benzene rings is 3. The molecular weight excluding hydrogens is 431 g/mol. The summed E-state index contributed by atoms with van der Waals surface area (Å²) in [6.45, 7) is 3.79. The molecule has 3 rings (SSSR count). The summed E-state index contributed by atoms with van der Waals surface area (Å²) in [7, 11) is -0.922. The van der Waals surface area contributed by atoms with Gasteiger partial charge in [-0.15, -0.1) is 0 Å². The zero-order valence-electron chi connectivity index (χ0n) is 18.3. The number of nitrogens with one attached hydrogen (secondary N) is 1. The van der Waals surface area contributed by atoms with Crippen LogP contribution in [-0.2, 0) is 16.6 Å². The molecule has 0 aliphatic carbocycles. The number of methoxy groups -OCH3 is 1. The van der Waals surface area contributed by atoms with E-state index in [-0.39, 0.29) is 28.7 Å². The Balaban J connectivity index is 1.83. The smallest absolute Gasteiger partial charge is 0.261 e. The first kappa shape index (κ1) is 23.3. The number of nitrogens with zero attached hydrogens (tertiary/aromatic N) is 1. The highest BCUT2D eigenvalue weighted by Crippen LogP contribution is 2.22. The lowest BCUT2D eigenvalue weighted by molar-refractivity contribution is 0.0784. The summed E-state index contributed by atoms with van der Waals surface area (Å²) < 4.78 is 47.1. The van der Waals surface area contributed by atoms with Gasteiger partial charge < -0.3 is 9.64 Å². The van der Waals surface area contributed by atoms with Gasteiger partial charge in [0.1, 0.15) is 0 Å². The highest BCUT2D eigenvalue weighted by atomic mass is 32.2. The van der Waals surface area contributed by atoms with Crippen LogP contribution in [0.2, 0.25) is 0 Å². The molecule has 0 atom stereocenters. The molecule has 168 valence electrons. The second kappa shape index (κ2) is 9.40. The molecule has 0 spiro atoms. The van der Waals surface area contributed by atoms with Crippen molar-refractivity contribution < 1.29 is 22.3 Å². The van der Waals surface area contributed by atoms with Gasteiger partial charge in [0.2, 0.25) is 0 Å². The quantitative estimate of drug-likeness (QED) is 0.567. The fourth-order valence-corrected chi connectivity index (χ4v) is 4.28. The van der Waals surface area contributed by atoms with Crippen LogP contribution in [0.3, 0.4) is 0 Å². The first-order chi connectivity index (χ1) is 15.1. The van der Waals surface area contributed by atoms with Crippen molar-refractivity contribution in [3.8, 4) is 5.75 Å². The SMILES string of the molecule is COc1ccc(CN(C)C(=O)c2cc(S(=O)(=O)Nc3ccc(C)cc3)ccc2C)cc1F. The number of carbonyl (C=O) groups is 1. The summed E-state index contributed by atoms with van der Waals surface area (Å²) in [5.74, 6) is -0.763. The molecular formula is C24H25FN2O4S. The van der Waals surface area contributed by atoms with E-state index in [4.69, 9.17) is 4.74 Å². The molecule has 0 aliphatic rings. The standard InChI is InChI=1S/C24H25FN2O4S/c1-16-5-9-19(10-6-16)26-32(29,30)20-11-7-17(2)21(14-20)24(28)27(3)15-18-8-12-23(31-4)22(25)13-18/h5-14,26H,15H2,1-4H3. The topological polar surface area (TPSA) is 75.7 Å². The lowest BCUT2D eigenvalue weighted by atomic mass is 10.1. The zero-order valence-corrected chi connectivity index (χ0v) is 19.2. The first-order valence-corrected chi connectivity index (χ1v) is 11.4. The summed E-state index contributed by atoms with van der Waals surface area (Å²) in [4.78, 5) is 14.4. The number of ether oxygens (including phenoxy) is 1. The van der Waals surface area contributed by atoms with E-state index in [1.54, 1.807) is 50.4 Å². The molecule has 0 radical (unpaired) electrons. The van der Waals surface area contributed by atoms with Gasteiger partial charge in [0, 0.05) is 24.8 Å². The van der Waals surface area contributed by atoms with Crippen LogP contribution in [0.4, 0.5) is 10.1 Å². The van der Waals surface area contributed by atoms with Crippen molar-refractivity contribution in [3.63, 3.8) is 0 Å². The third kappa shape index (κ3) is 5.26. The van der Waals surface area contributed by atoms with Gasteiger partial charge in [0.15, 0.2) is 11.6 Å². The monoisotopic (exact) mass is 456 g/mol. The van der Waals surface area contributed by atoms with E-state index in [1.165, 1.54) is 36.3 Å². The number of carbonyl (C=O) groups excluding carboxylic acids is 1. The van der Waals surface area contributed by atoms with E-state index < -0.39 is 15.8 Å². The Kier molecular flexibility index (Phi) is 6.84. The number of hydrogen-bond acceptors (Lipinski definition) is 4. The molecule has 32 heavy (non-hydrogen) atoms. The molecule has 0 saturated carbocycles. The van der Waals surface area contributed by atoms with Crippen LogP contribution in [-0.4, -0.2) is 33.4 Å². The number of anilines is 1. The van der Waals surface area contributed by atoms with Crippen molar-refractivity contribution >= 4 is 21.6 Å². The lowest BCUT2D eigenvalue weighted by Gasteiger charge is -2.19. The van der Waals surface area contributed by atoms with Crippen molar-refractivity contribution in [1.29, 1.82) is 0 Å². The highest BCUT2D eigenvalue weighted by molar-refractivity contribution is 7.92. The molecule has 6 nitrogen and oxygen atoms in total. The largest absolute Gasteiger partial charge is 0.494 e. The van der Waals surface area contributed by atoms with E-state index in [0.717, 1.165) is 5.56 Å². The second-order valence-corrected chi connectivity index (χ2v) is 9.26. The molecule has 3 aromatic carbocycles. The summed E-state index contributed by atoms with van der Waals surface area (Å²) in [5, 5.41) is 0. The highest BCUT2D eigenvalue weighted by Gasteiger charge is 2.20.